The topological polar surface area (TPSA) is 76.1 Å². The highest BCUT2D eigenvalue weighted by Gasteiger charge is 2.27. The van der Waals surface area contributed by atoms with Gasteiger partial charge in [0.25, 0.3) is 0 Å². The lowest BCUT2D eigenvalue weighted by molar-refractivity contribution is -0.147. The monoisotopic (exact) mass is 229 g/mol. The summed E-state index contributed by atoms with van der Waals surface area (Å²) in [4.78, 5) is 27.2. The van der Waals surface area contributed by atoms with E-state index in [0.29, 0.717) is 0 Å². The lowest BCUT2D eigenvalue weighted by atomic mass is 10.2. The lowest BCUT2D eigenvalue weighted by Crippen LogP contribution is -2.40. The minimum atomic E-state index is -1.06. The Morgan fingerprint density at radius 3 is 2.62 bits per heavy atom. The number of carboxylic acids is 1. The second-order valence-electron chi connectivity index (χ2n) is 4.35. The molecular weight excluding hydrogens is 214 g/mol. The summed E-state index contributed by atoms with van der Waals surface area (Å²) in [7, 11) is 0. The number of carbonyl (C=O) groups excluding carboxylic acids is 1. The van der Waals surface area contributed by atoms with Gasteiger partial charge < -0.3 is 9.84 Å². The van der Waals surface area contributed by atoms with E-state index in [-0.39, 0.29) is 18.7 Å². The molecule has 16 heavy (non-hydrogen) atoms. The molecule has 1 rings (SSSR count). The molecule has 0 saturated carbocycles. The number of aliphatic carboxylic acids is 1. The second kappa shape index (κ2) is 4.52. The summed E-state index contributed by atoms with van der Waals surface area (Å²) in [6.45, 7) is 5.12. The van der Waals surface area contributed by atoms with Gasteiger partial charge in [0.1, 0.15) is 5.60 Å². The molecule has 0 aromatic heterocycles. The van der Waals surface area contributed by atoms with Crippen LogP contribution in [0.25, 0.3) is 0 Å². The van der Waals surface area contributed by atoms with Crippen molar-refractivity contribution in [1.82, 2.24) is 5.06 Å². The van der Waals surface area contributed by atoms with Crippen molar-refractivity contribution >= 4 is 12.1 Å². The summed E-state index contributed by atoms with van der Waals surface area (Å²) >= 11 is 0. The Labute approximate surface area is 93.4 Å². The van der Waals surface area contributed by atoms with Crippen LogP contribution in [0.1, 0.15) is 20.8 Å². The first kappa shape index (κ1) is 12.5. The molecule has 1 amide bonds. The number of rotatable bonds is 1. The van der Waals surface area contributed by atoms with Gasteiger partial charge in [-0.3, -0.25) is 4.84 Å². The molecule has 1 aliphatic rings. The molecule has 6 nitrogen and oxygen atoms in total. The maximum absolute atomic E-state index is 11.5. The van der Waals surface area contributed by atoms with E-state index in [1.807, 2.05) is 0 Å². The van der Waals surface area contributed by atoms with Crippen molar-refractivity contribution in [2.24, 2.45) is 0 Å². The maximum atomic E-state index is 11.5. The summed E-state index contributed by atoms with van der Waals surface area (Å²) in [5.74, 6) is -1.06. The minimum absolute atomic E-state index is 0.0564. The number of nitrogens with zero attached hydrogens (tertiary/aromatic N) is 1. The Hall–Kier alpha value is -1.56. The van der Waals surface area contributed by atoms with Crippen LogP contribution < -0.4 is 0 Å². The van der Waals surface area contributed by atoms with Gasteiger partial charge in [0.05, 0.1) is 18.7 Å². The zero-order valence-electron chi connectivity index (χ0n) is 9.52. The molecule has 1 N–H and O–H groups in total. The fourth-order valence-corrected chi connectivity index (χ4v) is 1.08. The van der Waals surface area contributed by atoms with Gasteiger partial charge in [-0.1, -0.05) is 0 Å². The minimum Gasteiger partial charge on any atom is -0.478 e. The summed E-state index contributed by atoms with van der Waals surface area (Å²) in [6, 6.07) is 0. The third-order valence-corrected chi connectivity index (χ3v) is 1.75. The number of carbonyl (C=O) groups is 2. The average Bonchev–Trinajstić information content (AvgIpc) is 2.15. The predicted molar refractivity (Wildman–Crippen MR) is 54.6 cm³/mol. The molecular formula is C10H15NO5. The van der Waals surface area contributed by atoms with Gasteiger partial charge in [0.2, 0.25) is 0 Å². The van der Waals surface area contributed by atoms with Crippen LogP contribution in [0.3, 0.4) is 0 Å². The van der Waals surface area contributed by atoms with Crippen molar-refractivity contribution in [3.63, 3.8) is 0 Å². The third-order valence-electron chi connectivity index (χ3n) is 1.75. The third kappa shape index (κ3) is 3.54. The Kier molecular flexibility index (Phi) is 3.54. The Morgan fingerprint density at radius 1 is 1.50 bits per heavy atom. The van der Waals surface area contributed by atoms with Crippen molar-refractivity contribution in [3.8, 4) is 0 Å². The first-order valence-corrected chi connectivity index (χ1v) is 4.85. The molecule has 1 aliphatic heterocycles. The summed E-state index contributed by atoms with van der Waals surface area (Å²) in [6.07, 6.45) is 0.739. The van der Waals surface area contributed by atoms with Crippen molar-refractivity contribution in [3.05, 3.63) is 11.6 Å². The lowest BCUT2D eigenvalue weighted by Gasteiger charge is -2.28. The molecule has 0 saturated heterocycles. The van der Waals surface area contributed by atoms with Crippen LogP contribution in [-0.2, 0) is 14.4 Å². The van der Waals surface area contributed by atoms with E-state index in [2.05, 4.69) is 0 Å². The SMILES string of the molecule is CC(C)(C)OC(=O)N1CC(C(=O)O)=CCO1. The van der Waals surface area contributed by atoms with Crippen LogP contribution in [0.4, 0.5) is 4.79 Å². The van der Waals surface area contributed by atoms with E-state index in [1.165, 1.54) is 6.08 Å². The van der Waals surface area contributed by atoms with Crippen LogP contribution in [0.2, 0.25) is 0 Å². The van der Waals surface area contributed by atoms with Crippen molar-refractivity contribution in [2.75, 3.05) is 13.2 Å². The Bertz CT molecular complexity index is 329. The molecule has 0 aromatic carbocycles. The summed E-state index contributed by atoms with van der Waals surface area (Å²) in [5.41, 5.74) is -0.512. The first-order chi connectivity index (χ1) is 7.29. The van der Waals surface area contributed by atoms with Crippen molar-refractivity contribution in [2.45, 2.75) is 26.4 Å². The van der Waals surface area contributed by atoms with Gasteiger partial charge in [0.15, 0.2) is 0 Å². The highest BCUT2D eigenvalue weighted by atomic mass is 16.7. The molecule has 6 heteroatoms. The van der Waals surface area contributed by atoms with Gasteiger partial charge in [0, 0.05) is 0 Å². The zero-order valence-corrected chi connectivity index (χ0v) is 9.52. The van der Waals surface area contributed by atoms with E-state index in [4.69, 9.17) is 14.7 Å². The standard InChI is InChI=1S/C10H15NO5/c1-10(2,3)16-9(14)11-6-7(8(12)13)4-5-15-11/h4H,5-6H2,1-3H3,(H,12,13). The number of hydroxylamine groups is 2. The molecule has 0 fully saturated rings. The fourth-order valence-electron chi connectivity index (χ4n) is 1.08. The average molecular weight is 229 g/mol. The first-order valence-electron chi connectivity index (χ1n) is 4.85. The predicted octanol–water partition coefficient (Wildman–Crippen LogP) is 1.18. The molecule has 1 heterocycles. The molecule has 0 aromatic rings. The number of hydrogen-bond acceptors (Lipinski definition) is 4. The molecule has 0 radical (unpaired) electrons. The van der Waals surface area contributed by atoms with E-state index < -0.39 is 17.7 Å². The fraction of sp³-hybridized carbons (Fsp3) is 0.600. The molecule has 0 spiro atoms. The number of ether oxygens (including phenoxy) is 1. The smallest absolute Gasteiger partial charge is 0.434 e. The maximum Gasteiger partial charge on any atom is 0.434 e. The molecule has 0 unspecified atom stereocenters. The molecule has 0 atom stereocenters. The van der Waals surface area contributed by atoms with Gasteiger partial charge in [-0.2, -0.15) is 5.06 Å². The van der Waals surface area contributed by atoms with E-state index in [0.717, 1.165) is 5.06 Å². The van der Waals surface area contributed by atoms with Crippen LogP contribution >= 0.6 is 0 Å². The van der Waals surface area contributed by atoms with Gasteiger partial charge >= 0.3 is 12.1 Å². The number of hydrogen-bond donors (Lipinski definition) is 1. The summed E-state index contributed by atoms with van der Waals surface area (Å²) < 4.78 is 5.05. The van der Waals surface area contributed by atoms with Gasteiger partial charge in [-0.15, -0.1) is 0 Å². The normalized spacial score (nSPS) is 16.7. The Balaban J connectivity index is 2.60. The van der Waals surface area contributed by atoms with Crippen LogP contribution in [0, 0.1) is 0 Å². The van der Waals surface area contributed by atoms with E-state index >= 15 is 0 Å². The number of carboxylic acid groups (broad SMARTS) is 1. The van der Waals surface area contributed by atoms with Crippen LogP contribution in [0.5, 0.6) is 0 Å². The van der Waals surface area contributed by atoms with Crippen molar-refractivity contribution in [1.29, 1.82) is 0 Å². The molecule has 0 aliphatic carbocycles. The van der Waals surface area contributed by atoms with Crippen molar-refractivity contribution < 1.29 is 24.3 Å². The number of amides is 1. The van der Waals surface area contributed by atoms with E-state index in [1.54, 1.807) is 20.8 Å². The summed E-state index contributed by atoms with van der Waals surface area (Å²) in [5, 5.41) is 9.68. The van der Waals surface area contributed by atoms with Gasteiger partial charge in [-0.05, 0) is 26.8 Å². The zero-order chi connectivity index (χ0) is 12.3. The van der Waals surface area contributed by atoms with Gasteiger partial charge in [-0.25, -0.2) is 9.59 Å². The highest BCUT2D eigenvalue weighted by molar-refractivity contribution is 5.88. The van der Waals surface area contributed by atoms with Crippen LogP contribution in [-0.4, -0.2) is 41.0 Å². The van der Waals surface area contributed by atoms with E-state index in [9.17, 15) is 9.59 Å². The second-order valence-corrected chi connectivity index (χ2v) is 4.35. The quantitative estimate of drug-likeness (QED) is 0.730. The van der Waals surface area contributed by atoms with Crippen LogP contribution in [0.15, 0.2) is 11.6 Å². The Morgan fingerprint density at radius 2 is 2.12 bits per heavy atom. The largest absolute Gasteiger partial charge is 0.478 e. The highest BCUT2D eigenvalue weighted by Crippen LogP contribution is 2.14. The molecule has 0 bridgehead atoms. The molecule has 90 valence electrons.